The Morgan fingerprint density at radius 3 is 2.34 bits per heavy atom. The van der Waals surface area contributed by atoms with E-state index in [1.54, 1.807) is 13.0 Å². The Labute approximate surface area is 323 Å². The fourth-order valence-corrected chi connectivity index (χ4v) is 8.64. The summed E-state index contributed by atoms with van der Waals surface area (Å²) in [5, 5.41) is 39.2. The van der Waals surface area contributed by atoms with Crippen molar-refractivity contribution in [3.63, 3.8) is 0 Å². The summed E-state index contributed by atoms with van der Waals surface area (Å²) in [6, 6.07) is 0. The minimum atomic E-state index is -5.19. The average Bonchev–Trinajstić information content (AvgIpc) is 3.74. The lowest BCUT2D eigenvalue weighted by atomic mass is 9.57. The number of rotatable bonds is 12. The molecule has 0 aromatic carbocycles. The molecule has 0 aromatic heterocycles. The van der Waals surface area contributed by atoms with Crippen LogP contribution in [0.25, 0.3) is 0 Å². The minimum absolute atomic E-state index is 0.000824. The lowest BCUT2D eigenvalue weighted by molar-refractivity contribution is -0.344. The summed E-state index contributed by atoms with van der Waals surface area (Å²) in [6.45, 7) is 7.32. The van der Waals surface area contributed by atoms with Gasteiger partial charge in [-0.2, -0.15) is 13.2 Å². The van der Waals surface area contributed by atoms with E-state index in [0.29, 0.717) is 31.3 Å². The van der Waals surface area contributed by atoms with Gasteiger partial charge in [-0.1, -0.05) is 50.3 Å². The number of ether oxygens (including phenoxy) is 6. The number of methoxy groups -OCH3 is 1. The molecule has 3 N–H and O–H groups in total. The first-order chi connectivity index (χ1) is 26.4. The summed E-state index contributed by atoms with van der Waals surface area (Å²) in [5.74, 6) is -5.88. The normalized spacial score (nSPS) is 34.8. The van der Waals surface area contributed by atoms with Crippen molar-refractivity contribution in [2.45, 2.75) is 108 Å². The molecular weight excluding hydrogens is 749 g/mol. The largest absolute Gasteiger partial charge is 0.542 e. The number of carboxylic acid groups (broad SMARTS) is 1. The van der Waals surface area contributed by atoms with Crippen LogP contribution in [0, 0.1) is 35.5 Å². The van der Waals surface area contributed by atoms with E-state index < -0.39 is 84.3 Å². The van der Waals surface area contributed by atoms with Crippen LogP contribution >= 0.6 is 0 Å². The number of alkyl halides is 3. The first-order valence-electron chi connectivity index (χ1n) is 18.8. The third kappa shape index (κ3) is 9.84. The van der Waals surface area contributed by atoms with Crippen molar-refractivity contribution >= 4 is 24.1 Å². The number of hydrogen-bond donors (Lipinski definition) is 3. The van der Waals surface area contributed by atoms with Crippen molar-refractivity contribution in [3.8, 4) is 0 Å². The van der Waals surface area contributed by atoms with Crippen molar-refractivity contribution in [1.82, 2.24) is 0 Å². The van der Waals surface area contributed by atoms with E-state index in [2.05, 4.69) is 0 Å². The molecule has 1 unspecified atom stereocenters. The number of carboxylic acids is 1. The van der Waals surface area contributed by atoms with Gasteiger partial charge in [0.15, 0.2) is 6.10 Å². The topological polar surface area (TPSA) is 207 Å². The molecule has 3 aliphatic carbocycles. The van der Waals surface area contributed by atoms with E-state index in [9.17, 15) is 42.9 Å². The SMILES string of the molecule is CO[C@H]1CC2C=C[C@H]3[C@H]4O[C@]2(/C(C)=C/[C@@H](C)[C@@H]([C@@H](C)OC(=O)OCCC(CCO)CCO)OC1=O)[C@@H]3[C@H](O)[C@@H](C)[C@H]4OC(=O)C1=CC=CC1.O=C([O-])C(F)(F)F. The van der Waals surface area contributed by atoms with E-state index in [4.69, 9.17) is 38.3 Å². The van der Waals surface area contributed by atoms with Gasteiger partial charge in [-0.25, -0.2) is 14.4 Å². The van der Waals surface area contributed by atoms with Gasteiger partial charge in [-0.05, 0) is 57.4 Å². The first kappa shape index (κ1) is 44.9. The summed E-state index contributed by atoms with van der Waals surface area (Å²) in [7, 11) is 1.44. The molecule has 2 heterocycles. The maximum absolute atomic E-state index is 13.6. The summed E-state index contributed by atoms with van der Waals surface area (Å²) in [6.07, 6.45) is 2.62. The number of esters is 2. The van der Waals surface area contributed by atoms with Gasteiger partial charge in [0, 0.05) is 55.5 Å². The van der Waals surface area contributed by atoms with Gasteiger partial charge in [-0.3, -0.25) is 0 Å². The highest BCUT2D eigenvalue weighted by Gasteiger charge is 2.69. The van der Waals surface area contributed by atoms with Crippen LogP contribution in [-0.2, 0) is 42.8 Å². The Hall–Kier alpha value is -3.77. The molecule has 5 aliphatic rings. The zero-order valence-corrected chi connectivity index (χ0v) is 32.0. The highest BCUT2D eigenvalue weighted by Crippen LogP contribution is 2.61. The average molecular weight is 802 g/mol. The van der Waals surface area contributed by atoms with Crippen molar-refractivity contribution in [2.75, 3.05) is 26.9 Å². The van der Waals surface area contributed by atoms with Crippen molar-refractivity contribution in [3.05, 3.63) is 47.6 Å². The molecule has 0 amide bonds. The van der Waals surface area contributed by atoms with Crippen LogP contribution in [0.4, 0.5) is 18.0 Å². The van der Waals surface area contributed by atoms with Gasteiger partial charge in [0.1, 0.15) is 36.0 Å². The Morgan fingerprint density at radius 1 is 1.11 bits per heavy atom. The fourth-order valence-electron chi connectivity index (χ4n) is 8.64. The van der Waals surface area contributed by atoms with Gasteiger partial charge >= 0.3 is 24.3 Å². The maximum atomic E-state index is 13.6. The molecule has 2 fully saturated rings. The van der Waals surface area contributed by atoms with Crippen LogP contribution < -0.4 is 5.11 Å². The van der Waals surface area contributed by atoms with Gasteiger partial charge in [-0.15, -0.1) is 0 Å². The summed E-state index contributed by atoms with van der Waals surface area (Å²) >= 11 is 0. The maximum Gasteiger partial charge on any atom is 0.508 e. The molecule has 5 rings (SSSR count). The van der Waals surface area contributed by atoms with Gasteiger partial charge in [0.2, 0.25) is 0 Å². The highest BCUT2D eigenvalue weighted by molar-refractivity contribution is 5.90. The predicted octanol–water partition coefficient (Wildman–Crippen LogP) is 2.88. The summed E-state index contributed by atoms with van der Waals surface area (Å²) in [5.41, 5.74) is 0.364. The molecule has 1 saturated carbocycles. The van der Waals surface area contributed by atoms with Crippen LogP contribution in [0.3, 0.4) is 0 Å². The van der Waals surface area contributed by atoms with E-state index in [-0.39, 0.29) is 49.9 Å². The molecule has 0 radical (unpaired) electrons. The molecule has 1 saturated heterocycles. The van der Waals surface area contributed by atoms with Crippen LogP contribution in [-0.4, -0.2) is 115 Å². The second-order valence-corrected chi connectivity index (χ2v) is 15.0. The Balaban J connectivity index is 0.000000908. The second-order valence-electron chi connectivity index (χ2n) is 15.0. The molecule has 17 heteroatoms. The lowest BCUT2D eigenvalue weighted by Crippen LogP contribution is -2.57. The molecule has 4 bridgehead atoms. The van der Waals surface area contributed by atoms with Crippen molar-refractivity contribution in [1.29, 1.82) is 0 Å². The van der Waals surface area contributed by atoms with Gasteiger partial charge in [0.25, 0.3) is 0 Å². The molecule has 314 valence electrons. The quantitative estimate of drug-likeness (QED) is 0.148. The number of aliphatic hydroxyl groups excluding tert-OH is 3. The Morgan fingerprint density at radius 2 is 1.77 bits per heavy atom. The zero-order chi connectivity index (χ0) is 41.5. The van der Waals surface area contributed by atoms with Crippen LogP contribution in [0.15, 0.2) is 47.6 Å². The summed E-state index contributed by atoms with van der Waals surface area (Å²) in [4.78, 5) is 48.2. The Kier molecular flexibility index (Phi) is 15.3. The van der Waals surface area contributed by atoms with Crippen molar-refractivity contribution in [2.24, 2.45) is 35.5 Å². The van der Waals surface area contributed by atoms with Gasteiger partial charge < -0.3 is 53.6 Å². The number of aliphatic hydroxyl groups is 3. The Bertz CT molecular complexity index is 1530. The van der Waals surface area contributed by atoms with Gasteiger partial charge in [0.05, 0.1) is 12.7 Å². The monoisotopic (exact) mass is 801 g/mol. The third-order valence-electron chi connectivity index (χ3n) is 11.5. The van der Waals surface area contributed by atoms with E-state index >= 15 is 0 Å². The second kappa shape index (κ2) is 19.1. The van der Waals surface area contributed by atoms with Crippen LogP contribution in [0.5, 0.6) is 0 Å². The number of carbonyl (C=O) groups excluding carboxylic acids is 4. The molecule has 0 aromatic rings. The third-order valence-corrected chi connectivity index (χ3v) is 11.5. The van der Waals surface area contributed by atoms with E-state index in [1.165, 1.54) is 7.11 Å². The molecule has 56 heavy (non-hydrogen) atoms. The molecular formula is C39H52F3O14-. The van der Waals surface area contributed by atoms with Crippen LogP contribution in [0.1, 0.15) is 59.8 Å². The number of hydrogen-bond acceptors (Lipinski definition) is 14. The predicted molar refractivity (Wildman–Crippen MR) is 187 cm³/mol. The standard InChI is InChI=1S/C37H52O12.C2HF3O2/c1-20-18-21(2)37-26(10-11-27-29(37)30(40)22(3)32(33(27)49-37)48-34(41)25-8-6-7-9-25)19-28(44-5)35(42)47-31(20)23(4)46-36(43)45-17-14-24(12-15-38)13-16-39;3-2(4,5)1(6)7/h6-8,10-11,18,20,22-24,26-33,38-40H,9,12-17,19H2,1-5H3;(H,6,7)/p-1/b21-18+;/t20-,22-,23-,26?,27-,28+,29+,30-,31+,32-,33-,37+;/m1./s1. The minimum Gasteiger partial charge on any atom is -0.542 e. The molecule has 14 nitrogen and oxygen atoms in total. The number of allylic oxidation sites excluding steroid dienone is 3. The number of aliphatic carboxylic acids is 1. The summed E-state index contributed by atoms with van der Waals surface area (Å²) < 4.78 is 67.2. The number of carbonyl (C=O) groups is 4. The smallest absolute Gasteiger partial charge is 0.508 e. The fraction of sp³-hybridized carbons (Fsp3) is 0.692. The zero-order valence-electron chi connectivity index (χ0n) is 32.0. The first-order valence-corrected chi connectivity index (χ1v) is 18.8. The number of cyclic esters (lactones) is 1. The van der Waals surface area contributed by atoms with Crippen LogP contribution in [0.2, 0.25) is 0 Å². The molecule has 12 atom stereocenters. The van der Waals surface area contributed by atoms with E-state index in [1.807, 2.05) is 51.2 Å². The lowest BCUT2D eigenvalue weighted by Gasteiger charge is -2.49. The molecule has 1 spiro atoms. The molecule has 2 aliphatic heterocycles. The van der Waals surface area contributed by atoms with Crippen molar-refractivity contribution < 1.29 is 81.2 Å². The number of halogens is 3. The highest BCUT2D eigenvalue weighted by atomic mass is 19.4. The van der Waals surface area contributed by atoms with E-state index in [0.717, 1.165) is 5.57 Å².